The van der Waals surface area contributed by atoms with Crippen molar-refractivity contribution >= 4 is 5.97 Å². The van der Waals surface area contributed by atoms with Crippen molar-refractivity contribution in [2.75, 3.05) is 26.2 Å². The number of aliphatic carboxylic acids is 1. The fourth-order valence-corrected chi connectivity index (χ4v) is 1.44. The highest BCUT2D eigenvalue weighted by Gasteiger charge is 2.13. The first kappa shape index (κ1) is 10.5. The van der Waals surface area contributed by atoms with E-state index in [1.807, 2.05) is 0 Å². The number of carboxylic acid groups (broad SMARTS) is 1. The molecule has 0 bridgehead atoms. The molecule has 1 saturated heterocycles. The Kier molecular flexibility index (Phi) is 4.18. The molecule has 13 heavy (non-hydrogen) atoms. The van der Waals surface area contributed by atoms with Gasteiger partial charge in [-0.25, -0.2) is 4.79 Å². The van der Waals surface area contributed by atoms with E-state index in [9.17, 15) is 4.79 Å². The van der Waals surface area contributed by atoms with Crippen LogP contribution >= 0.6 is 0 Å². The van der Waals surface area contributed by atoms with Crippen LogP contribution in [-0.4, -0.2) is 48.3 Å². The zero-order chi connectivity index (χ0) is 9.68. The number of hydrogen-bond acceptors (Lipinski definition) is 3. The lowest BCUT2D eigenvalue weighted by atomic mass is 10.4. The highest BCUT2D eigenvalue weighted by Crippen LogP contribution is 2.06. The molecular weight excluding hydrogens is 170 g/mol. The molecule has 0 unspecified atom stereocenters. The molecule has 1 rings (SSSR count). The fourth-order valence-electron chi connectivity index (χ4n) is 1.44. The van der Waals surface area contributed by atoms with Crippen LogP contribution in [0.4, 0.5) is 0 Å². The maximum atomic E-state index is 10.4. The van der Waals surface area contributed by atoms with Gasteiger partial charge in [-0.1, -0.05) is 0 Å². The predicted octanol–water partition coefficient (Wildman–Crippen LogP) is 0.572. The quantitative estimate of drug-likeness (QED) is 0.683. The molecule has 1 aliphatic rings. The normalized spacial score (nSPS) is 20.4. The fraction of sp³-hybridized carbons (Fsp3) is 0.889. The number of rotatable bonds is 5. The average molecular weight is 187 g/mol. The molecule has 0 radical (unpaired) electrons. The number of nitrogens with zero attached hydrogens (tertiary/aromatic N) is 1. The minimum Gasteiger partial charge on any atom is -0.479 e. The van der Waals surface area contributed by atoms with Crippen molar-refractivity contribution in [1.82, 2.24) is 4.90 Å². The van der Waals surface area contributed by atoms with Crippen molar-refractivity contribution in [3.05, 3.63) is 0 Å². The summed E-state index contributed by atoms with van der Waals surface area (Å²) in [5, 5.41) is 8.54. The van der Waals surface area contributed by atoms with E-state index in [2.05, 4.69) is 4.90 Å². The predicted molar refractivity (Wildman–Crippen MR) is 48.7 cm³/mol. The first-order valence-corrected chi connectivity index (χ1v) is 4.77. The smallest absolute Gasteiger partial charge is 0.332 e. The summed E-state index contributed by atoms with van der Waals surface area (Å²) < 4.78 is 5.12. The number of carbonyl (C=O) groups is 1. The summed E-state index contributed by atoms with van der Waals surface area (Å²) in [6.45, 7) is 5.20. The molecule has 1 aliphatic heterocycles. The topological polar surface area (TPSA) is 49.8 Å². The SMILES string of the molecule is C[C@@H](OCCN1CCCC1)C(=O)O. The first-order chi connectivity index (χ1) is 6.20. The molecule has 76 valence electrons. The van der Waals surface area contributed by atoms with E-state index in [0.717, 1.165) is 19.6 Å². The van der Waals surface area contributed by atoms with Gasteiger partial charge in [-0.15, -0.1) is 0 Å². The summed E-state index contributed by atoms with van der Waals surface area (Å²) in [6.07, 6.45) is 1.84. The monoisotopic (exact) mass is 187 g/mol. The van der Waals surface area contributed by atoms with Gasteiger partial charge in [-0.3, -0.25) is 0 Å². The number of hydrogen-bond donors (Lipinski definition) is 1. The minimum absolute atomic E-state index is 0.521. The summed E-state index contributed by atoms with van der Waals surface area (Å²) in [4.78, 5) is 12.7. The summed E-state index contributed by atoms with van der Waals surface area (Å²) in [6, 6.07) is 0. The molecular formula is C9H17NO3. The molecule has 1 atom stereocenters. The molecule has 0 aliphatic carbocycles. The molecule has 0 aromatic carbocycles. The van der Waals surface area contributed by atoms with Crippen molar-refractivity contribution in [2.45, 2.75) is 25.9 Å². The van der Waals surface area contributed by atoms with Gasteiger partial charge in [0.05, 0.1) is 6.61 Å². The van der Waals surface area contributed by atoms with Gasteiger partial charge in [0, 0.05) is 6.54 Å². The van der Waals surface area contributed by atoms with Crippen molar-refractivity contribution in [3.8, 4) is 0 Å². The van der Waals surface area contributed by atoms with E-state index in [1.54, 1.807) is 6.92 Å². The Morgan fingerprint density at radius 2 is 2.15 bits per heavy atom. The number of carboxylic acids is 1. The van der Waals surface area contributed by atoms with E-state index in [-0.39, 0.29) is 0 Å². The summed E-state index contributed by atoms with van der Waals surface area (Å²) >= 11 is 0. The lowest BCUT2D eigenvalue weighted by Gasteiger charge is -2.15. The summed E-state index contributed by atoms with van der Waals surface area (Å²) in [7, 11) is 0. The van der Waals surface area contributed by atoms with E-state index in [1.165, 1.54) is 12.8 Å². The van der Waals surface area contributed by atoms with Crippen molar-refractivity contribution < 1.29 is 14.6 Å². The second kappa shape index (κ2) is 5.19. The van der Waals surface area contributed by atoms with Gasteiger partial charge in [-0.05, 0) is 32.9 Å². The number of ether oxygens (including phenoxy) is 1. The van der Waals surface area contributed by atoms with E-state index < -0.39 is 12.1 Å². The van der Waals surface area contributed by atoms with Gasteiger partial charge in [0.2, 0.25) is 0 Å². The Balaban J connectivity index is 2.02. The lowest BCUT2D eigenvalue weighted by Crippen LogP contribution is -2.28. The largest absolute Gasteiger partial charge is 0.479 e. The molecule has 0 aromatic heterocycles. The molecule has 0 amide bonds. The van der Waals surface area contributed by atoms with Crippen LogP contribution in [0.3, 0.4) is 0 Å². The first-order valence-electron chi connectivity index (χ1n) is 4.77. The molecule has 0 aromatic rings. The zero-order valence-corrected chi connectivity index (χ0v) is 8.03. The molecule has 0 saturated carbocycles. The second-order valence-corrected chi connectivity index (χ2v) is 3.40. The summed E-state index contributed by atoms with van der Waals surface area (Å²) in [5.74, 6) is -0.888. The Labute approximate surface area is 78.5 Å². The molecule has 4 heteroatoms. The van der Waals surface area contributed by atoms with Crippen LogP contribution in [0.25, 0.3) is 0 Å². The minimum atomic E-state index is -0.888. The maximum Gasteiger partial charge on any atom is 0.332 e. The van der Waals surface area contributed by atoms with Crippen molar-refractivity contribution in [3.63, 3.8) is 0 Å². The third-order valence-corrected chi connectivity index (χ3v) is 2.32. The van der Waals surface area contributed by atoms with Gasteiger partial charge in [0.15, 0.2) is 6.10 Å². The molecule has 1 fully saturated rings. The molecule has 0 spiro atoms. The molecule has 1 heterocycles. The van der Waals surface area contributed by atoms with Crippen LogP contribution in [0.5, 0.6) is 0 Å². The lowest BCUT2D eigenvalue weighted by molar-refractivity contribution is -0.149. The van der Waals surface area contributed by atoms with E-state index >= 15 is 0 Å². The van der Waals surface area contributed by atoms with Crippen LogP contribution < -0.4 is 0 Å². The van der Waals surface area contributed by atoms with Crippen molar-refractivity contribution in [2.24, 2.45) is 0 Å². The third kappa shape index (κ3) is 3.74. The Hall–Kier alpha value is -0.610. The van der Waals surface area contributed by atoms with Crippen LogP contribution in [-0.2, 0) is 9.53 Å². The Bertz CT molecular complexity index is 166. The number of likely N-dealkylation sites (tertiary alicyclic amines) is 1. The third-order valence-electron chi connectivity index (χ3n) is 2.32. The van der Waals surface area contributed by atoms with Gasteiger partial charge in [0.25, 0.3) is 0 Å². The summed E-state index contributed by atoms with van der Waals surface area (Å²) in [5.41, 5.74) is 0. The highest BCUT2D eigenvalue weighted by molar-refractivity contribution is 5.71. The van der Waals surface area contributed by atoms with Gasteiger partial charge in [0.1, 0.15) is 0 Å². The van der Waals surface area contributed by atoms with Gasteiger partial charge >= 0.3 is 5.97 Å². The van der Waals surface area contributed by atoms with E-state index in [4.69, 9.17) is 9.84 Å². The Morgan fingerprint density at radius 3 is 2.69 bits per heavy atom. The van der Waals surface area contributed by atoms with Gasteiger partial charge < -0.3 is 14.7 Å². The van der Waals surface area contributed by atoms with Crippen LogP contribution in [0.2, 0.25) is 0 Å². The zero-order valence-electron chi connectivity index (χ0n) is 8.03. The van der Waals surface area contributed by atoms with Crippen LogP contribution in [0.15, 0.2) is 0 Å². The standard InChI is InChI=1S/C9H17NO3/c1-8(9(11)12)13-7-6-10-4-2-3-5-10/h8H,2-7H2,1H3,(H,11,12)/t8-/m1/s1. The van der Waals surface area contributed by atoms with E-state index in [0.29, 0.717) is 6.61 Å². The second-order valence-electron chi connectivity index (χ2n) is 3.40. The maximum absolute atomic E-state index is 10.4. The van der Waals surface area contributed by atoms with Crippen LogP contribution in [0.1, 0.15) is 19.8 Å². The average Bonchev–Trinajstić information content (AvgIpc) is 2.56. The van der Waals surface area contributed by atoms with Crippen molar-refractivity contribution in [1.29, 1.82) is 0 Å². The molecule has 1 N–H and O–H groups in total. The van der Waals surface area contributed by atoms with Gasteiger partial charge in [-0.2, -0.15) is 0 Å². The molecule has 4 nitrogen and oxygen atoms in total. The highest BCUT2D eigenvalue weighted by atomic mass is 16.5. The Morgan fingerprint density at radius 1 is 1.54 bits per heavy atom. The van der Waals surface area contributed by atoms with Crippen LogP contribution in [0, 0.1) is 0 Å².